The average Bonchev–Trinajstić information content (AvgIpc) is 2.89. The van der Waals surface area contributed by atoms with Crippen molar-refractivity contribution < 1.29 is 36.8 Å². The minimum absolute atomic E-state index is 0.00338. The van der Waals surface area contributed by atoms with E-state index in [2.05, 4.69) is 0 Å². The van der Waals surface area contributed by atoms with Gasteiger partial charge in [0.1, 0.15) is 11.4 Å². The first-order valence-electron chi connectivity index (χ1n) is 14.3. The molecule has 9 nitrogen and oxygen atoms in total. The number of hydrogen-bond donors (Lipinski definition) is 1. The van der Waals surface area contributed by atoms with Gasteiger partial charge in [0.25, 0.3) is 0 Å². The molecule has 0 aromatic heterocycles. The third-order valence-electron chi connectivity index (χ3n) is 8.40. The van der Waals surface area contributed by atoms with Crippen molar-refractivity contribution in [3.8, 4) is 11.5 Å². The number of carbonyl (C=O) groups is 3. The Hall–Kier alpha value is -3.19. The molecule has 0 amide bonds. The lowest BCUT2D eigenvalue weighted by Gasteiger charge is -2.48. The maximum Gasteiger partial charge on any atom is 0.339 e. The molecule has 5 rings (SSSR count). The van der Waals surface area contributed by atoms with Crippen LogP contribution in [-0.2, 0) is 24.5 Å². The van der Waals surface area contributed by atoms with Crippen LogP contribution >= 0.6 is 22.6 Å². The maximum atomic E-state index is 13.9. The maximum absolute atomic E-state index is 13.9. The molecule has 2 aromatic rings. The lowest BCUT2D eigenvalue weighted by Crippen LogP contribution is -2.45. The quantitative estimate of drug-likeness (QED) is 0.264. The molecule has 0 saturated heterocycles. The van der Waals surface area contributed by atoms with Gasteiger partial charge < -0.3 is 18.9 Å². The second kappa shape index (κ2) is 11.3. The van der Waals surface area contributed by atoms with Crippen LogP contribution < -0.4 is 8.92 Å². The number of ether oxygens (including phenoxy) is 1. The van der Waals surface area contributed by atoms with Crippen molar-refractivity contribution in [2.45, 2.75) is 71.1 Å². The summed E-state index contributed by atoms with van der Waals surface area (Å²) in [6.07, 6.45) is 1.42. The van der Waals surface area contributed by atoms with Crippen molar-refractivity contribution in [2.75, 3.05) is 13.7 Å². The summed E-state index contributed by atoms with van der Waals surface area (Å²) >= 11 is 1.97. The molecule has 0 atom stereocenters. The van der Waals surface area contributed by atoms with E-state index in [0.717, 1.165) is 5.56 Å². The number of allylic oxidation sites excluding steroid dienone is 4. The number of rotatable bonds is 7. The predicted octanol–water partition coefficient (Wildman–Crippen LogP) is 6.15. The minimum atomic E-state index is -4.20. The smallest absolute Gasteiger partial charge is 0.339 e. The second-order valence-corrected chi connectivity index (χ2v) is 16.1. The van der Waals surface area contributed by atoms with Gasteiger partial charge >= 0.3 is 16.1 Å². The van der Waals surface area contributed by atoms with Crippen LogP contribution in [0.5, 0.6) is 11.5 Å². The number of carbonyl (C=O) groups excluding carboxylic acids is 2. The summed E-state index contributed by atoms with van der Waals surface area (Å²) in [5, 5.41) is 9.91. The number of aliphatic carboxylic acids is 1. The Morgan fingerprint density at radius 1 is 0.955 bits per heavy atom. The number of aryl methyl sites for hydroxylation is 1. The monoisotopic (exact) mass is 733 g/mol. The first kappa shape index (κ1) is 32.2. The molecule has 2 aliphatic carbocycles. The third kappa shape index (κ3) is 6.04. The summed E-state index contributed by atoms with van der Waals surface area (Å²) in [6, 6.07) is 9.64. The zero-order valence-corrected chi connectivity index (χ0v) is 28.6. The zero-order valence-electron chi connectivity index (χ0n) is 25.6. The summed E-state index contributed by atoms with van der Waals surface area (Å²) in [5.74, 6) is -1.97. The van der Waals surface area contributed by atoms with Gasteiger partial charge in [-0.1, -0.05) is 45.4 Å². The molecule has 0 unspecified atom stereocenters. The number of nitrogens with zero attached hydrogens (tertiary/aromatic N) is 1. The van der Waals surface area contributed by atoms with Gasteiger partial charge in [-0.3, -0.25) is 14.4 Å². The fourth-order valence-corrected chi connectivity index (χ4v) is 8.40. The van der Waals surface area contributed by atoms with Crippen LogP contribution in [0.3, 0.4) is 0 Å². The fourth-order valence-electron chi connectivity index (χ4n) is 6.56. The van der Waals surface area contributed by atoms with Crippen molar-refractivity contribution in [1.29, 1.82) is 0 Å². The predicted molar refractivity (Wildman–Crippen MR) is 172 cm³/mol. The van der Waals surface area contributed by atoms with E-state index in [1.165, 1.54) is 19.2 Å². The second-order valence-electron chi connectivity index (χ2n) is 13.4. The Bertz CT molecular complexity index is 1700. The van der Waals surface area contributed by atoms with Crippen LogP contribution in [0.2, 0.25) is 0 Å². The van der Waals surface area contributed by atoms with Crippen LogP contribution in [0.4, 0.5) is 0 Å². The van der Waals surface area contributed by atoms with Crippen LogP contribution in [0, 0.1) is 21.3 Å². The Morgan fingerprint density at radius 2 is 1.48 bits per heavy atom. The highest BCUT2D eigenvalue weighted by atomic mass is 127. The molecule has 0 fully saturated rings. The highest BCUT2D eigenvalue weighted by Gasteiger charge is 2.49. The summed E-state index contributed by atoms with van der Waals surface area (Å²) in [6.45, 7) is 9.42. The molecule has 11 heteroatoms. The number of Topliss-reactive ketones (excluding diaryl/α,β-unsaturated/α-hetero) is 2. The lowest BCUT2D eigenvalue weighted by atomic mass is 9.63. The number of carboxylic acid groups (broad SMARTS) is 1. The van der Waals surface area contributed by atoms with Gasteiger partial charge in [-0.25, -0.2) is 0 Å². The first-order valence-corrected chi connectivity index (χ1v) is 16.8. The summed E-state index contributed by atoms with van der Waals surface area (Å²) < 4.78 is 38.0. The minimum Gasteiger partial charge on any atom is -0.493 e. The van der Waals surface area contributed by atoms with Gasteiger partial charge in [-0.15, -0.1) is 0 Å². The van der Waals surface area contributed by atoms with Gasteiger partial charge in [-0.2, -0.15) is 8.42 Å². The molecule has 1 N–H and O–H groups in total. The number of halogens is 1. The molecule has 0 bridgehead atoms. The molecular formula is C33H36INO8S. The van der Waals surface area contributed by atoms with Crippen LogP contribution in [-0.4, -0.2) is 49.6 Å². The molecular weight excluding hydrogens is 697 g/mol. The highest BCUT2D eigenvalue weighted by Crippen LogP contribution is 2.55. The topological polar surface area (TPSA) is 127 Å². The molecule has 0 saturated carbocycles. The van der Waals surface area contributed by atoms with Crippen molar-refractivity contribution in [1.82, 2.24) is 4.90 Å². The van der Waals surface area contributed by atoms with Gasteiger partial charge in [0.15, 0.2) is 23.1 Å². The summed E-state index contributed by atoms with van der Waals surface area (Å²) in [7, 11) is -2.80. The largest absolute Gasteiger partial charge is 0.493 e. The van der Waals surface area contributed by atoms with Crippen molar-refractivity contribution in [2.24, 2.45) is 10.8 Å². The van der Waals surface area contributed by atoms with Crippen molar-refractivity contribution >= 4 is 50.2 Å². The summed E-state index contributed by atoms with van der Waals surface area (Å²) in [4.78, 5) is 41.7. The Balaban J connectivity index is 1.70. The molecule has 2 aromatic carbocycles. The molecule has 1 aliphatic heterocycles. The molecule has 0 spiro atoms. The van der Waals surface area contributed by atoms with E-state index in [9.17, 15) is 27.9 Å². The van der Waals surface area contributed by atoms with Crippen molar-refractivity contribution in [3.63, 3.8) is 0 Å². The van der Waals surface area contributed by atoms with E-state index < -0.39 is 32.8 Å². The average molecular weight is 734 g/mol. The Kier molecular flexibility index (Phi) is 8.28. The van der Waals surface area contributed by atoms with Crippen LogP contribution in [0.1, 0.15) is 70.4 Å². The Labute approximate surface area is 271 Å². The van der Waals surface area contributed by atoms with E-state index in [1.807, 2.05) is 57.2 Å². The highest BCUT2D eigenvalue weighted by molar-refractivity contribution is 14.1. The normalized spacial score (nSPS) is 19.9. The van der Waals surface area contributed by atoms with Crippen molar-refractivity contribution in [3.05, 3.63) is 73.6 Å². The van der Waals surface area contributed by atoms with E-state index in [4.69, 9.17) is 8.92 Å². The Morgan fingerprint density at radius 3 is 1.95 bits per heavy atom. The number of benzene rings is 2. The third-order valence-corrected chi connectivity index (χ3v) is 10.4. The zero-order chi connectivity index (χ0) is 32.4. The summed E-state index contributed by atoms with van der Waals surface area (Å²) in [5.41, 5.74) is 2.74. The van der Waals surface area contributed by atoms with E-state index in [1.54, 1.807) is 29.2 Å². The first-order chi connectivity index (χ1) is 20.4. The van der Waals surface area contributed by atoms with E-state index in [-0.39, 0.29) is 47.3 Å². The van der Waals surface area contributed by atoms with Gasteiger partial charge in [-0.05, 0) is 83.0 Å². The molecule has 44 heavy (non-hydrogen) atoms. The van der Waals surface area contributed by atoms with E-state index in [0.29, 0.717) is 44.5 Å². The molecule has 1 heterocycles. The van der Waals surface area contributed by atoms with Crippen LogP contribution in [0.25, 0.3) is 0 Å². The fraction of sp³-hybridized carbons (Fsp3) is 0.424. The van der Waals surface area contributed by atoms with Crippen LogP contribution in [0.15, 0.2) is 63.8 Å². The van der Waals surface area contributed by atoms with Gasteiger partial charge in [0.2, 0.25) is 0 Å². The lowest BCUT2D eigenvalue weighted by molar-refractivity contribution is -0.138. The molecule has 0 radical (unpaired) electrons. The van der Waals surface area contributed by atoms with Gasteiger partial charge in [0, 0.05) is 41.3 Å². The van der Waals surface area contributed by atoms with Gasteiger partial charge in [0.05, 0.1) is 10.7 Å². The number of hydrogen-bond acceptors (Lipinski definition) is 8. The number of carboxylic acids is 1. The molecule has 234 valence electrons. The SMILES string of the molecule is COc1cc(C2C3=C(CC(C)(C)CC3=O)N(CC(=O)O)C3=C2C(=O)CC(C)(C)C3)cc(I)c1OS(=O)(=O)c1ccc(C)cc1. The number of methoxy groups -OCH3 is 1. The molecule has 3 aliphatic rings. The van der Waals surface area contributed by atoms with E-state index >= 15 is 0 Å². The standard InChI is InChI=1S/C33H36INO8S/c1-18-7-9-20(10-8-18)44(40,41)43-31-21(34)11-19(12-26(31)42-6)28-29-22(13-32(2,3)15-24(29)36)35(17-27(38)39)23-14-33(4,5)16-25(37)30(23)28/h7-12,28H,13-17H2,1-6H3,(H,38,39). The number of ketones is 2.